The summed E-state index contributed by atoms with van der Waals surface area (Å²) in [7, 11) is 2.08. The maximum absolute atomic E-state index is 12.5. The standard InChI is InChI=1S/C18H24N2O3/c1-19-9-2-4-13-12-14(6-7-15(13)19)17(21)8-11-20-10-3-5-16(20)18(22)23/h6-7,12,16H,2-5,8-11H2,1H3,(H,22,23). The Balaban J connectivity index is 1.63. The van der Waals surface area contributed by atoms with Crippen LogP contribution in [0.15, 0.2) is 18.2 Å². The zero-order valence-electron chi connectivity index (χ0n) is 13.6. The molecule has 1 N–H and O–H groups in total. The lowest BCUT2D eigenvalue weighted by molar-refractivity contribution is -0.142. The Hall–Kier alpha value is -1.88. The van der Waals surface area contributed by atoms with Crippen molar-refractivity contribution in [2.75, 3.05) is 31.6 Å². The number of benzene rings is 1. The Morgan fingerprint density at radius 3 is 2.87 bits per heavy atom. The molecule has 0 bridgehead atoms. The van der Waals surface area contributed by atoms with Crippen molar-refractivity contribution in [2.24, 2.45) is 0 Å². The average Bonchev–Trinajstić information content (AvgIpc) is 3.01. The molecule has 1 aromatic carbocycles. The number of hydrogen-bond donors (Lipinski definition) is 1. The van der Waals surface area contributed by atoms with E-state index >= 15 is 0 Å². The van der Waals surface area contributed by atoms with Crippen LogP contribution in [0.3, 0.4) is 0 Å². The molecule has 0 amide bonds. The third-order valence-corrected chi connectivity index (χ3v) is 5.03. The normalized spacial score (nSPS) is 21.3. The zero-order valence-corrected chi connectivity index (χ0v) is 13.6. The minimum atomic E-state index is -0.772. The van der Waals surface area contributed by atoms with E-state index in [2.05, 4.69) is 11.9 Å². The van der Waals surface area contributed by atoms with Crippen molar-refractivity contribution in [3.05, 3.63) is 29.3 Å². The first-order valence-electron chi connectivity index (χ1n) is 8.40. The summed E-state index contributed by atoms with van der Waals surface area (Å²) in [6.45, 7) is 2.37. The van der Waals surface area contributed by atoms with Gasteiger partial charge in [0.15, 0.2) is 5.78 Å². The number of ketones is 1. The van der Waals surface area contributed by atoms with Crippen LogP contribution >= 0.6 is 0 Å². The van der Waals surface area contributed by atoms with Crippen molar-refractivity contribution in [3.8, 4) is 0 Å². The maximum atomic E-state index is 12.5. The summed E-state index contributed by atoms with van der Waals surface area (Å²) in [5, 5.41) is 9.19. The van der Waals surface area contributed by atoms with Gasteiger partial charge in [-0.1, -0.05) is 0 Å². The fraction of sp³-hybridized carbons (Fsp3) is 0.556. The Morgan fingerprint density at radius 1 is 1.26 bits per heavy atom. The minimum absolute atomic E-state index is 0.108. The van der Waals surface area contributed by atoms with Crippen LogP contribution in [0.2, 0.25) is 0 Å². The SMILES string of the molecule is CN1CCCc2cc(C(=O)CCN3CCCC3C(=O)O)ccc21. The van der Waals surface area contributed by atoms with Gasteiger partial charge in [0.05, 0.1) is 0 Å². The molecule has 2 aliphatic rings. The van der Waals surface area contributed by atoms with E-state index in [0.29, 0.717) is 19.4 Å². The van der Waals surface area contributed by atoms with E-state index in [1.165, 1.54) is 11.3 Å². The first-order valence-corrected chi connectivity index (χ1v) is 8.40. The largest absolute Gasteiger partial charge is 0.480 e. The van der Waals surface area contributed by atoms with Crippen molar-refractivity contribution in [1.29, 1.82) is 0 Å². The molecule has 3 rings (SSSR count). The quantitative estimate of drug-likeness (QED) is 0.844. The molecule has 5 heteroatoms. The number of nitrogens with zero attached hydrogens (tertiary/aromatic N) is 2. The monoisotopic (exact) mass is 316 g/mol. The number of carbonyl (C=O) groups is 2. The molecule has 5 nitrogen and oxygen atoms in total. The van der Waals surface area contributed by atoms with Gasteiger partial charge in [-0.3, -0.25) is 14.5 Å². The second-order valence-electron chi connectivity index (χ2n) is 6.57. The fourth-order valence-electron chi connectivity index (χ4n) is 3.72. The van der Waals surface area contributed by atoms with Gasteiger partial charge in [-0.15, -0.1) is 0 Å². The summed E-state index contributed by atoms with van der Waals surface area (Å²) in [5.41, 5.74) is 3.22. The highest BCUT2D eigenvalue weighted by molar-refractivity contribution is 5.97. The molecule has 124 valence electrons. The minimum Gasteiger partial charge on any atom is -0.480 e. The van der Waals surface area contributed by atoms with Crippen LogP contribution in [0.25, 0.3) is 0 Å². The fourth-order valence-corrected chi connectivity index (χ4v) is 3.72. The molecule has 1 saturated heterocycles. The van der Waals surface area contributed by atoms with E-state index in [0.717, 1.165) is 37.9 Å². The third kappa shape index (κ3) is 3.39. The Labute approximate surface area is 136 Å². The number of rotatable bonds is 5. The predicted molar refractivity (Wildman–Crippen MR) is 89.2 cm³/mol. The topological polar surface area (TPSA) is 60.9 Å². The predicted octanol–water partition coefficient (Wildman–Crippen LogP) is 2.19. The van der Waals surface area contributed by atoms with Crippen molar-refractivity contribution in [2.45, 2.75) is 38.1 Å². The van der Waals surface area contributed by atoms with Crippen molar-refractivity contribution >= 4 is 17.4 Å². The van der Waals surface area contributed by atoms with E-state index < -0.39 is 12.0 Å². The molecule has 0 aliphatic carbocycles. The molecule has 1 atom stereocenters. The molecular formula is C18H24N2O3. The molecule has 2 heterocycles. The van der Waals surface area contributed by atoms with Gasteiger partial charge in [-0.2, -0.15) is 0 Å². The van der Waals surface area contributed by atoms with Crippen LogP contribution in [-0.2, 0) is 11.2 Å². The van der Waals surface area contributed by atoms with Gasteiger partial charge in [0.1, 0.15) is 6.04 Å². The molecular weight excluding hydrogens is 292 g/mol. The van der Waals surface area contributed by atoms with Crippen molar-refractivity contribution in [1.82, 2.24) is 4.90 Å². The van der Waals surface area contributed by atoms with Gasteiger partial charge in [-0.25, -0.2) is 0 Å². The number of fused-ring (bicyclic) bond motifs is 1. The van der Waals surface area contributed by atoms with Gasteiger partial charge in [0.2, 0.25) is 0 Å². The van der Waals surface area contributed by atoms with E-state index in [9.17, 15) is 14.7 Å². The molecule has 1 aromatic rings. The lowest BCUT2D eigenvalue weighted by atomic mass is 9.97. The average molecular weight is 316 g/mol. The number of Topliss-reactive ketones (excluding diaryl/α,β-unsaturated/α-hetero) is 1. The van der Waals surface area contributed by atoms with Crippen molar-refractivity contribution < 1.29 is 14.7 Å². The van der Waals surface area contributed by atoms with Gasteiger partial charge in [-0.05, 0) is 56.0 Å². The van der Waals surface area contributed by atoms with Crippen LogP contribution in [0.4, 0.5) is 5.69 Å². The highest BCUT2D eigenvalue weighted by atomic mass is 16.4. The molecule has 2 aliphatic heterocycles. The van der Waals surface area contributed by atoms with Gasteiger partial charge in [0, 0.05) is 37.8 Å². The number of carbonyl (C=O) groups excluding carboxylic acids is 1. The summed E-state index contributed by atoms with van der Waals surface area (Å²) < 4.78 is 0. The number of carboxylic acid groups (broad SMARTS) is 1. The van der Waals surface area contributed by atoms with Crippen LogP contribution in [0, 0.1) is 0 Å². The number of aliphatic carboxylic acids is 1. The Bertz CT molecular complexity index is 614. The second kappa shape index (κ2) is 6.71. The van der Waals surface area contributed by atoms with Gasteiger partial charge >= 0.3 is 5.97 Å². The summed E-state index contributed by atoms with van der Waals surface area (Å²) in [4.78, 5) is 27.8. The number of carboxylic acids is 1. The molecule has 0 radical (unpaired) electrons. The zero-order chi connectivity index (χ0) is 16.4. The highest BCUT2D eigenvalue weighted by Crippen LogP contribution is 2.27. The second-order valence-corrected chi connectivity index (χ2v) is 6.57. The summed E-state index contributed by atoms with van der Waals surface area (Å²) in [5.74, 6) is -0.663. The first-order chi connectivity index (χ1) is 11.1. The lowest BCUT2D eigenvalue weighted by Crippen LogP contribution is -2.37. The van der Waals surface area contributed by atoms with E-state index in [4.69, 9.17) is 0 Å². The first kappa shape index (κ1) is 16.0. The van der Waals surface area contributed by atoms with Crippen LogP contribution in [0.5, 0.6) is 0 Å². The van der Waals surface area contributed by atoms with Crippen LogP contribution in [-0.4, -0.2) is 54.5 Å². The number of hydrogen-bond acceptors (Lipinski definition) is 4. The summed E-state index contributed by atoms with van der Waals surface area (Å²) in [6, 6.07) is 5.55. The van der Waals surface area contributed by atoms with E-state index in [-0.39, 0.29) is 5.78 Å². The third-order valence-electron chi connectivity index (χ3n) is 5.03. The summed E-state index contributed by atoms with van der Waals surface area (Å²) in [6.07, 6.45) is 4.12. The highest BCUT2D eigenvalue weighted by Gasteiger charge is 2.30. The number of aryl methyl sites for hydroxylation is 1. The van der Waals surface area contributed by atoms with E-state index in [1.54, 1.807) is 0 Å². The van der Waals surface area contributed by atoms with Crippen molar-refractivity contribution in [3.63, 3.8) is 0 Å². The molecule has 23 heavy (non-hydrogen) atoms. The Kier molecular flexibility index (Phi) is 4.66. The van der Waals surface area contributed by atoms with Crippen LogP contribution in [0.1, 0.15) is 41.6 Å². The number of likely N-dealkylation sites (tertiary alicyclic amines) is 1. The van der Waals surface area contributed by atoms with E-state index in [1.807, 2.05) is 23.1 Å². The summed E-state index contributed by atoms with van der Waals surface area (Å²) >= 11 is 0. The van der Waals surface area contributed by atoms with Crippen LogP contribution < -0.4 is 4.90 Å². The molecule has 1 fully saturated rings. The smallest absolute Gasteiger partial charge is 0.320 e. The maximum Gasteiger partial charge on any atom is 0.320 e. The number of anilines is 1. The lowest BCUT2D eigenvalue weighted by Gasteiger charge is -2.27. The molecule has 0 aromatic heterocycles. The Morgan fingerprint density at radius 2 is 2.09 bits per heavy atom. The van der Waals surface area contributed by atoms with Gasteiger partial charge in [0.25, 0.3) is 0 Å². The molecule has 0 saturated carbocycles. The molecule has 1 unspecified atom stereocenters. The van der Waals surface area contributed by atoms with Gasteiger partial charge < -0.3 is 10.0 Å². The molecule has 0 spiro atoms.